The van der Waals surface area contributed by atoms with Crippen molar-refractivity contribution < 1.29 is 4.79 Å². The molecule has 0 aliphatic carbocycles. The van der Waals surface area contributed by atoms with E-state index in [1.54, 1.807) is 6.20 Å². The number of hydrogen-bond acceptors (Lipinski definition) is 3. The summed E-state index contributed by atoms with van der Waals surface area (Å²) in [7, 11) is 0. The number of pyridine rings is 1. The van der Waals surface area contributed by atoms with Crippen LogP contribution < -0.4 is 5.73 Å². The second-order valence-electron chi connectivity index (χ2n) is 5.31. The molecule has 3 rings (SSSR count). The summed E-state index contributed by atoms with van der Waals surface area (Å²) in [5.74, 6) is 0.559. The van der Waals surface area contributed by atoms with Crippen molar-refractivity contribution in [1.29, 1.82) is 0 Å². The first kappa shape index (κ1) is 12.9. The Bertz CT molecular complexity index is 653. The number of fused-ring (bicyclic) bond motifs is 1. The highest BCUT2D eigenvalue weighted by molar-refractivity contribution is 6.09. The molecule has 104 valence electrons. The van der Waals surface area contributed by atoms with E-state index < -0.39 is 0 Å². The Morgan fingerprint density at radius 2 is 2.15 bits per heavy atom. The first-order chi connectivity index (χ1) is 9.72. The molecule has 4 nitrogen and oxygen atoms in total. The minimum absolute atomic E-state index is 0.0815. The third kappa shape index (κ3) is 2.01. The Morgan fingerprint density at radius 1 is 1.40 bits per heavy atom. The number of hydrogen-bond donors (Lipinski definition) is 1. The summed E-state index contributed by atoms with van der Waals surface area (Å²) in [6.07, 6.45) is 4.81. The molecule has 1 aromatic carbocycles. The fraction of sp³-hybridized carbons (Fsp3) is 0.375. The smallest absolute Gasteiger partial charge is 0.256 e. The molecule has 1 amide bonds. The number of anilines is 1. The number of benzene rings is 1. The maximum atomic E-state index is 12.8. The number of aromatic nitrogens is 1. The summed E-state index contributed by atoms with van der Waals surface area (Å²) in [5.41, 5.74) is 6.56. The summed E-state index contributed by atoms with van der Waals surface area (Å²) >= 11 is 0. The minimum atomic E-state index is 0.0815. The number of rotatable bonds is 2. The third-order valence-corrected chi connectivity index (χ3v) is 4.17. The van der Waals surface area contributed by atoms with Crippen LogP contribution >= 0.6 is 0 Å². The van der Waals surface area contributed by atoms with E-state index in [9.17, 15) is 4.79 Å². The third-order valence-electron chi connectivity index (χ3n) is 4.17. The molecule has 0 radical (unpaired) electrons. The van der Waals surface area contributed by atoms with Crippen LogP contribution in [-0.2, 0) is 0 Å². The topological polar surface area (TPSA) is 59.2 Å². The van der Waals surface area contributed by atoms with Crippen LogP contribution in [0.4, 0.5) is 5.82 Å². The molecule has 20 heavy (non-hydrogen) atoms. The van der Waals surface area contributed by atoms with Crippen molar-refractivity contribution in [2.45, 2.75) is 32.2 Å². The number of carbonyl (C=O) groups excluding carboxylic acids is 1. The van der Waals surface area contributed by atoms with Gasteiger partial charge < -0.3 is 10.6 Å². The maximum Gasteiger partial charge on any atom is 0.256 e. The van der Waals surface area contributed by atoms with E-state index in [1.165, 1.54) is 0 Å². The number of amides is 1. The van der Waals surface area contributed by atoms with Gasteiger partial charge in [0.05, 0.1) is 5.56 Å². The van der Waals surface area contributed by atoms with Gasteiger partial charge in [-0.15, -0.1) is 0 Å². The molecule has 1 atom stereocenters. The number of nitrogen functional groups attached to an aromatic ring is 1. The Kier molecular flexibility index (Phi) is 3.30. The first-order valence-corrected chi connectivity index (χ1v) is 7.16. The summed E-state index contributed by atoms with van der Waals surface area (Å²) in [4.78, 5) is 19.0. The molecule has 1 unspecified atom stereocenters. The van der Waals surface area contributed by atoms with Gasteiger partial charge in [-0.1, -0.05) is 31.2 Å². The molecule has 2 N–H and O–H groups in total. The lowest BCUT2D eigenvalue weighted by molar-refractivity contribution is 0.0735. The predicted molar refractivity (Wildman–Crippen MR) is 80.5 cm³/mol. The predicted octanol–water partition coefficient (Wildman–Crippen LogP) is 2.83. The molecule has 4 heteroatoms. The molecule has 1 aliphatic heterocycles. The van der Waals surface area contributed by atoms with Gasteiger partial charge in [0.25, 0.3) is 5.91 Å². The molecular formula is C16H19N3O. The van der Waals surface area contributed by atoms with Gasteiger partial charge in [-0.05, 0) is 24.6 Å². The minimum Gasteiger partial charge on any atom is -0.383 e. The zero-order valence-corrected chi connectivity index (χ0v) is 11.7. The number of likely N-dealkylation sites (tertiary alicyclic amines) is 1. The van der Waals surface area contributed by atoms with E-state index in [-0.39, 0.29) is 5.91 Å². The summed E-state index contributed by atoms with van der Waals surface area (Å²) < 4.78 is 0. The van der Waals surface area contributed by atoms with Crippen molar-refractivity contribution in [2.75, 3.05) is 12.3 Å². The van der Waals surface area contributed by atoms with Crippen LogP contribution in [0, 0.1) is 0 Å². The van der Waals surface area contributed by atoms with E-state index in [2.05, 4.69) is 11.9 Å². The van der Waals surface area contributed by atoms with Crippen LogP contribution in [0.1, 0.15) is 36.5 Å². The standard InChI is InChI=1S/C16H19N3O/c1-2-11-6-5-9-19(11)16(20)14-10-18-15(17)13-8-4-3-7-12(13)14/h3-4,7-8,10-11H,2,5-6,9H2,1H3,(H2,17,18). The second-order valence-corrected chi connectivity index (χ2v) is 5.31. The van der Waals surface area contributed by atoms with Gasteiger partial charge in [0.15, 0.2) is 0 Å². The zero-order chi connectivity index (χ0) is 14.1. The summed E-state index contributed by atoms with van der Waals surface area (Å²) in [6.45, 7) is 2.98. The van der Waals surface area contributed by atoms with Crippen molar-refractivity contribution in [2.24, 2.45) is 0 Å². The van der Waals surface area contributed by atoms with Gasteiger partial charge in [-0.25, -0.2) is 4.98 Å². The summed E-state index contributed by atoms with van der Waals surface area (Å²) in [6, 6.07) is 8.06. The molecule has 0 saturated carbocycles. The lowest BCUT2D eigenvalue weighted by Gasteiger charge is -2.24. The van der Waals surface area contributed by atoms with Crippen molar-refractivity contribution in [3.05, 3.63) is 36.0 Å². The van der Waals surface area contributed by atoms with E-state index in [0.29, 0.717) is 17.4 Å². The molecule has 1 aromatic heterocycles. The Labute approximate surface area is 118 Å². The van der Waals surface area contributed by atoms with Gasteiger partial charge >= 0.3 is 0 Å². The van der Waals surface area contributed by atoms with Crippen molar-refractivity contribution in [1.82, 2.24) is 9.88 Å². The van der Waals surface area contributed by atoms with Crippen LogP contribution in [0.2, 0.25) is 0 Å². The Hall–Kier alpha value is -2.10. The quantitative estimate of drug-likeness (QED) is 0.912. The van der Waals surface area contributed by atoms with Crippen molar-refractivity contribution in [3.63, 3.8) is 0 Å². The van der Waals surface area contributed by atoms with Crippen LogP contribution in [0.15, 0.2) is 30.5 Å². The van der Waals surface area contributed by atoms with E-state index >= 15 is 0 Å². The number of nitrogens with zero attached hydrogens (tertiary/aromatic N) is 2. The first-order valence-electron chi connectivity index (χ1n) is 7.16. The van der Waals surface area contributed by atoms with Crippen LogP contribution in [0.5, 0.6) is 0 Å². The van der Waals surface area contributed by atoms with Gasteiger partial charge in [0.2, 0.25) is 0 Å². The summed E-state index contributed by atoms with van der Waals surface area (Å²) in [5, 5.41) is 1.75. The van der Waals surface area contributed by atoms with Crippen LogP contribution in [-0.4, -0.2) is 28.4 Å². The molecular weight excluding hydrogens is 250 g/mol. The van der Waals surface area contributed by atoms with E-state index in [4.69, 9.17) is 5.73 Å². The molecule has 0 spiro atoms. The Morgan fingerprint density at radius 3 is 2.90 bits per heavy atom. The van der Waals surface area contributed by atoms with Gasteiger partial charge in [0.1, 0.15) is 5.82 Å². The molecule has 0 bridgehead atoms. The van der Waals surface area contributed by atoms with Crippen LogP contribution in [0.25, 0.3) is 10.8 Å². The molecule has 2 aromatic rings. The fourth-order valence-electron chi connectivity index (χ4n) is 3.07. The molecule has 2 heterocycles. The normalized spacial score (nSPS) is 18.6. The average Bonchev–Trinajstić information content (AvgIpc) is 2.96. The van der Waals surface area contributed by atoms with Crippen LogP contribution in [0.3, 0.4) is 0 Å². The Balaban J connectivity index is 2.06. The maximum absolute atomic E-state index is 12.8. The van der Waals surface area contributed by atoms with Crippen molar-refractivity contribution >= 4 is 22.5 Å². The lowest BCUT2D eigenvalue weighted by Crippen LogP contribution is -2.35. The highest BCUT2D eigenvalue weighted by Crippen LogP contribution is 2.27. The monoisotopic (exact) mass is 269 g/mol. The SMILES string of the molecule is CCC1CCCN1C(=O)c1cnc(N)c2ccccc12. The highest BCUT2D eigenvalue weighted by Gasteiger charge is 2.29. The van der Waals surface area contributed by atoms with Crippen molar-refractivity contribution in [3.8, 4) is 0 Å². The van der Waals surface area contributed by atoms with E-state index in [0.717, 1.165) is 36.6 Å². The van der Waals surface area contributed by atoms with E-state index in [1.807, 2.05) is 29.2 Å². The fourth-order valence-corrected chi connectivity index (χ4v) is 3.07. The lowest BCUT2D eigenvalue weighted by atomic mass is 10.1. The average molecular weight is 269 g/mol. The largest absolute Gasteiger partial charge is 0.383 e. The molecule has 1 saturated heterocycles. The number of nitrogens with two attached hydrogens (primary N) is 1. The second kappa shape index (κ2) is 5.12. The van der Waals surface area contributed by atoms with Gasteiger partial charge in [0, 0.05) is 24.2 Å². The van der Waals surface area contributed by atoms with Gasteiger partial charge in [-0.2, -0.15) is 0 Å². The molecule has 1 aliphatic rings. The van der Waals surface area contributed by atoms with Gasteiger partial charge in [-0.3, -0.25) is 4.79 Å². The molecule has 1 fully saturated rings. The highest BCUT2D eigenvalue weighted by atomic mass is 16.2. The zero-order valence-electron chi connectivity index (χ0n) is 11.7. The number of carbonyl (C=O) groups is 1.